The molecule has 184 valence electrons. The van der Waals surface area contributed by atoms with Crippen LogP contribution >= 0.6 is 11.6 Å². The first kappa shape index (κ1) is 24.7. The highest BCUT2D eigenvalue weighted by atomic mass is 35.5. The van der Waals surface area contributed by atoms with Gasteiger partial charge in [-0.3, -0.25) is 9.69 Å². The molecule has 4 rings (SSSR count). The average molecular weight is 500 g/mol. The van der Waals surface area contributed by atoms with Gasteiger partial charge in [-0.2, -0.15) is 0 Å². The lowest BCUT2D eigenvalue weighted by atomic mass is 10.1. The Morgan fingerprint density at radius 1 is 1.17 bits per heavy atom. The lowest BCUT2D eigenvalue weighted by Gasteiger charge is -2.39. The Balaban J connectivity index is 1.38. The van der Waals surface area contributed by atoms with E-state index in [1.54, 1.807) is 41.3 Å². The van der Waals surface area contributed by atoms with Crippen LogP contribution in [-0.4, -0.2) is 71.4 Å². The van der Waals surface area contributed by atoms with Gasteiger partial charge < -0.3 is 15.5 Å². The molecule has 2 N–H and O–H groups in total. The molecule has 2 aromatic carbocycles. The molecule has 0 unspecified atom stereocenters. The third kappa shape index (κ3) is 6.17. The first-order chi connectivity index (χ1) is 16.8. The second-order valence-corrected chi connectivity index (χ2v) is 9.06. The van der Waals surface area contributed by atoms with Gasteiger partial charge in [0.1, 0.15) is 5.82 Å². The van der Waals surface area contributed by atoms with E-state index in [-0.39, 0.29) is 24.3 Å². The maximum absolute atomic E-state index is 13.1. The molecule has 5 amide bonds. The Morgan fingerprint density at radius 3 is 2.63 bits per heavy atom. The Kier molecular flexibility index (Phi) is 7.67. The highest BCUT2D eigenvalue weighted by Gasteiger charge is 2.27. The van der Waals surface area contributed by atoms with Crippen LogP contribution in [0, 0.1) is 5.82 Å². The van der Waals surface area contributed by atoms with E-state index in [1.165, 1.54) is 18.2 Å². The van der Waals surface area contributed by atoms with E-state index in [0.29, 0.717) is 49.0 Å². The van der Waals surface area contributed by atoms with Crippen molar-refractivity contribution in [3.63, 3.8) is 0 Å². The van der Waals surface area contributed by atoms with Gasteiger partial charge in [0, 0.05) is 56.4 Å². The van der Waals surface area contributed by atoms with Gasteiger partial charge >= 0.3 is 12.1 Å². The van der Waals surface area contributed by atoms with Crippen LogP contribution in [0.2, 0.25) is 5.02 Å². The second-order valence-electron chi connectivity index (χ2n) is 8.62. The normalized spacial score (nSPS) is 18.7. The van der Waals surface area contributed by atoms with Crippen molar-refractivity contribution in [2.45, 2.75) is 19.5 Å². The number of carbonyl (C=O) groups excluding carboxylic acids is 3. The number of amides is 5. The standard InChI is InChI=1S/C25H27ClFN5O3/c1-17-15-30(16-18-2-7-21(27)8-3-18)12-13-31(17)23(33)9-5-19-4-6-20(26)14-22(19)29-25(35)32-11-10-28-24(32)34/h2-9,14,17H,10-13,15-16H2,1H3,(H,28,34)(H,29,35)/t17-/m1/s1. The van der Waals surface area contributed by atoms with Gasteiger partial charge in [0.15, 0.2) is 0 Å². The number of anilines is 1. The van der Waals surface area contributed by atoms with E-state index >= 15 is 0 Å². The Bertz CT molecular complexity index is 1140. The molecule has 2 aliphatic rings. The van der Waals surface area contributed by atoms with Crippen LogP contribution in [0.15, 0.2) is 48.5 Å². The summed E-state index contributed by atoms with van der Waals surface area (Å²) in [7, 11) is 0. The summed E-state index contributed by atoms with van der Waals surface area (Å²) >= 11 is 6.10. The van der Waals surface area contributed by atoms with Crippen LogP contribution in [0.5, 0.6) is 0 Å². The summed E-state index contributed by atoms with van der Waals surface area (Å²) < 4.78 is 13.1. The Hall–Kier alpha value is -3.43. The van der Waals surface area contributed by atoms with Crippen LogP contribution in [0.1, 0.15) is 18.1 Å². The zero-order valence-corrected chi connectivity index (χ0v) is 20.1. The minimum Gasteiger partial charge on any atom is -0.336 e. The molecule has 0 radical (unpaired) electrons. The van der Waals surface area contributed by atoms with Gasteiger partial charge in [-0.25, -0.2) is 18.9 Å². The van der Waals surface area contributed by atoms with Crippen molar-refractivity contribution >= 4 is 41.3 Å². The smallest absolute Gasteiger partial charge is 0.330 e. The fourth-order valence-corrected chi connectivity index (χ4v) is 4.41. The third-order valence-corrected chi connectivity index (χ3v) is 6.31. The summed E-state index contributed by atoms with van der Waals surface area (Å²) in [4.78, 5) is 42.3. The lowest BCUT2D eigenvalue weighted by Crippen LogP contribution is -2.53. The molecule has 0 bridgehead atoms. The molecule has 0 aliphatic carbocycles. The highest BCUT2D eigenvalue weighted by molar-refractivity contribution is 6.31. The first-order valence-corrected chi connectivity index (χ1v) is 11.8. The molecule has 2 saturated heterocycles. The number of hydrogen-bond donors (Lipinski definition) is 2. The highest BCUT2D eigenvalue weighted by Crippen LogP contribution is 2.23. The minimum atomic E-state index is -0.561. The van der Waals surface area contributed by atoms with E-state index < -0.39 is 12.1 Å². The summed E-state index contributed by atoms with van der Waals surface area (Å²) in [5.41, 5.74) is 2.03. The second kappa shape index (κ2) is 10.9. The van der Waals surface area contributed by atoms with Gasteiger partial charge in [0.05, 0.1) is 5.69 Å². The molecule has 2 aliphatic heterocycles. The van der Waals surface area contributed by atoms with Crippen molar-refractivity contribution in [2.75, 3.05) is 38.0 Å². The van der Waals surface area contributed by atoms with Crippen molar-refractivity contribution in [1.29, 1.82) is 0 Å². The first-order valence-electron chi connectivity index (χ1n) is 11.4. The van der Waals surface area contributed by atoms with Crippen molar-refractivity contribution < 1.29 is 18.8 Å². The third-order valence-electron chi connectivity index (χ3n) is 6.08. The van der Waals surface area contributed by atoms with E-state index in [1.807, 2.05) is 6.92 Å². The summed E-state index contributed by atoms with van der Waals surface area (Å²) in [5, 5.41) is 5.70. The summed E-state index contributed by atoms with van der Waals surface area (Å²) in [6.07, 6.45) is 3.11. The molecule has 2 heterocycles. The van der Waals surface area contributed by atoms with Gasteiger partial charge in [0.2, 0.25) is 5.91 Å². The van der Waals surface area contributed by atoms with E-state index in [0.717, 1.165) is 10.5 Å². The van der Waals surface area contributed by atoms with Crippen molar-refractivity contribution in [3.8, 4) is 0 Å². The molecule has 10 heteroatoms. The number of hydrogen-bond acceptors (Lipinski definition) is 4. The largest absolute Gasteiger partial charge is 0.336 e. The average Bonchev–Trinajstić information content (AvgIpc) is 3.26. The van der Waals surface area contributed by atoms with Gasteiger partial charge in [-0.1, -0.05) is 29.8 Å². The summed E-state index contributed by atoms with van der Waals surface area (Å²) in [6, 6.07) is 10.4. The fourth-order valence-electron chi connectivity index (χ4n) is 4.24. The number of rotatable bonds is 5. The topological polar surface area (TPSA) is 85.0 Å². The molecular weight excluding hydrogens is 473 g/mol. The predicted molar refractivity (Wildman–Crippen MR) is 132 cm³/mol. The number of urea groups is 2. The number of nitrogens with zero attached hydrogens (tertiary/aromatic N) is 3. The lowest BCUT2D eigenvalue weighted by molar-refractivity contribution is -0.130. The van der Waals surface area contributed by atoms with Crippen molar-refractivity contribution in [1.82, 2.24) is 20.0 Å². The fraction of sp³-hybridized carbons (Fsp3) is 0.320. The van der Waals surface area contributed by atoms with Crippen molar-refractivity contribution in [3.05, 3.63) is 70.5 Å². The molecule has 35 heavy (non-hydrogen) atoms. The molecule has 0 aromatic heterocycles. The van der Waals surface area contributed by atoms with Crippen LogP contribution in [0.3, 0.4) is 0 Å². The quantitative estimate of drug-likeness (QED) is 0.613. The van der Waals surface area contributed by atoms with Crippen LogP contribution in [0.25, 0.3) is 6.08 Å². The zero-order chi connectivity index (χ0) is 24.9. The maximum Gasteiger partial charge on any atom is 0.330 e. The molecule has 2 aromatic rings. The predicted octanol–water partition coefficient (Wildman–Crippen LogP) is 3.78. The number of imide groups is 1. The summed E-state index contributed by atoms with van der Waals surface area (Å²) in [6.45, 7) is 5.36. The maximum atomic E-state index is 13.1. The zero-order valence-electron chi connectivity index (χ0n) is 19.3. The molecule has 2 fully saturated rings. The molecule has 0 saturated carbocycles. The number of carbonyl (C=O) groups is 3. The molecule has 1 atom stereocenters. The monoisotopic (exact) mass is 499 g/mol. The van der Waals surface area contributed by atoms with E-state index in [9.17, 15) is 18.8 Å². The van der Waals surface area contributed by atoms with Crippen LogP contribution in [0.4, 0.5) is 19.7 Å². The minimum absolute atomic E-state index is 0.000539. The Labute approximate surface area is 208 Å². The van der Waals surface area contributed by atoms with E-state index in [2.05, 4.69) is 15.5 Å². The number of piperazine rings is 1. The number of halogens is 2. The van der Waals surface area contributed by atoms with Crippen molar-refractivity contribution in [2.24, 2.45) is 0 Å². The molecular formula is C25H27ClFN5O3. The summed E-state index contributed by atoms with van der Waals surface area (Å²) in [5.74, 6) is -0.389. The van der Waals surface area contributed by atoms with Gasteiger partial charge in [0.25, 0.3) is 0 Å². The molecule has 8 nitrogen and oxygen atoms in total. The number of nitrogens with one attached hydrogen (secondary N) is 2. The Morgan fingerprint density at radius 2 is 1.94 bits per heavy atom. The van der Waals surface area contributed by atoms with Gasteiger partial charge in [-0.15, -0.1) is 0 Å². The number of benzene rings is 2. The van der Waals surface area contributed by atoms with Gasteiger partial charge in [-0.05, 0) is 48.4 Å². The van der Waals surface area contributed by atoms with E-state index in [4.69, 9.17) is 11.6 Å². The SMILES string of the molecule is C[C@@H]1CN(Cc2ccc(F)cc2)CCN1C(=O)C=Cc1ccc(Cl)cc1NC(=O)N1CCNC1=O. The van der Waals surface area contributed by atoms with Crippen LogP contribution < -0.4 is 10.6 Å². The molecule has 0 spiro atoms. The van der Waals surface area contributed by atoms with Crippen LogP contribution in [-0.2, 0) is 11.3 Å².